The third-order valence-electron chi connectivity index (χ3n) is 2.71. The molecule has 0 spiro atoms. The minimum absolute atomic E-state index is 0.323. The lowest BCUT2D eigenvalue weighted by molar-refractivity contribution is 0.692. The molecule has 0 fully saturated rings. The number of aliphatic imine (C=N–C) groups is 1. The van der Waals surface area contributed by atoms with Gasteiger partial charge in [-0.15, -0.1) is 0 Å². The van der Waals surface area contributed by atoms with E-state index in [1.54, 1.807) is 7.05 Å². The summed E-state index contributed by atoms with van der Waals surface area (Å²) < 4.78 is 1.03. The van der Waals surface area contributed by atoms with Crippen LogP contribution in [0.2, 0.25) is 0 Å². The van der Waals surface area contributed by atoms with E-state index < -0.39 is 0 Å². The summed E-state index contributed by atoms with van der Waals surface area (Å²) in [4.78, 5) is 8.61. The quantitative estimate of drug-likeness (QED) is 0.584. The van der Waals surface area contributed by atoms with Crippen molar-refractivity contribution in [2.24, 2.45) is 4.99 Å². The number of guanidine groups is 1. The van der Waals surface area contributed by atoms with Gasteiger partial charge in [0.2, 0.25) is 0 Å². The predicted molar refractivity (Wildman–Crippen MR) is 88.0 cm³/mol. The smallest absolute Gasteiger partial charge is 0.191 e. The van der Waals surface area contributed by atoms with Crippen molar-refractivity contribution >= 4 is 21.9 Å². The second-order valence-electron chi connectivity index (χ2n) is 4.84. The fourth-order valence-corrected chi connectivity index (χ4v) is 2.00. The van der Waals surface area contributed by atoms with Gasteiger partial charge in [-0.3, -0.25) is 10.1 Å². The van der Waals surface area contributed by atoms with Gasteiger partial charge in [0.25, 0.3) is 0 Å². The fraction of sp³-hybridized carbons (Fsp3) is 0.357. The monoisotopic (exact) mass is 350 g/mol. The highest BCUT2D eigenvalue weighted by molar-refractivity contribution is 9.10. The van der Waals surface area contributed by atoms with Crippen LogP contribution in [-0.2, 0) is 6.54 Å². The molecule has 0 amide bonds. The Balaban J connectivity index is 1.98. The predicted octanol–water partition coefficient (Wildman–Crippen LogP) is 2.31. The number of aromatic nitrogens is 3. The van der Waals surface area contributed by atoms with Crippen LogP contribution < -0.4 is 10.6 Å². The van der Waals surface area contributed by atoms with E-state index in [-0.39, 0.29) is 0 Å². The number of aromatic amines is 1. The van der Waals surface area contributed by atoms with Crippen molar-refractivity contribution < 1.29 is 0 Å². The Morgan fingerprint density at radius 2 is 2.05 bits per heavy atom. The van der Waals surface area contributed by atoms with Crippen molar-refractivity contribution in [3.8, 4) is 11.4 Å². The minimum Gasteiger partial charge on any atom is -0.354 e. The van der Waals surface area contributed by atoms with Gasteiger partial charge >= 0.3 is 0 Å². The first-order chi connectivity index (χ1) is 10.1. The average molecular weight is 351 g/mol. The Hall–Kier alpha value is -1.89. The lowest BCUT2D eigenvalue weighted by Crippen LogP contribution is -2.40. The molecule has 112 valence electrons. The fourth-order valence-electron chi connectivity index (χ4n) is 1.74. The van der Waals surface area contributed by atoms with Gasteiger partial charge in [0, 0.05) is 23.1 Å². The zero-order valence-corrected chi connectivity index (χ0v) is 13.9. The van der Waals surface area contributed by atoms with Gasteiger partial charge in [0.05, 0.1) is 6.54 Å². The molecule has 0 saturated carbocycles. The number of rotatable bonds is 4. The van der Waals surface area contributed by atoms with Gasteiger partial charge < -0.3 is 10.6 Å². The Kier molecular flexibility index (Phi) is 5.32. The van der Waals surface area contributed by atoms with Crippen molar-refractivity contribution in [3.63, 3.8) is 0 Å². The Morgan fingerprint density at radius 3 is 2.67 bits per heavy atom. The second-order valence-corrected chi connectivity index (χ2v) is 5.75. The third-order valence-corrected chi connectivity index (χ3v) is 3.24. The number of halogens is 1. The topological polar surface area (TPSA) is 78.0 Å². The van der Waals surface area contributed by atoms with Crippen LogP contribution in [0.15, 0.2) is 33.7 Å². The molecule has 7 heteroatoms. The lowest BCUT2D eigenvalue weighted by Gasteiger charge is -2.13. The Labute approximate surface area is 132 Å². The SMILES string of the molecule is CN=C(NCc1nc(-c2ccc(Br)cc2)n[nH]1)NC(C)C. The van der Waals surface area contributed by atoms with Gasteiger partial charge in [-0.25, -0.2) is 4.98 Å². The molecule has 1 aromatic carbocycles. The summed E-state index contributed by atoms with van der Waals surface area (Å²) in [7, 11) is 1.74. The molecule has 0 aliphatic carbocycles. The van der Waals surface area contributed by atoms with Crippen LogP contribution in [0.4, 0.5) is 0 Å². The second kappa shape index (κ2) is 7.21. The van der Waals surface area contributed by atoms with E-state index in [9.17, 15) is 0 Å². The largest absolute Gasteiger partial charge is 0.354 e. The van der Waals surface area contributed by atoms with E-state index >= 15 is 0 Å². The van der Waals surface area contributed by atoms with Crippen LogP contribution in [0.3, 0.4) is 0 Å². The number of H-pyrrole nitrogens is 1. The molecule has 6 nitrogen and oxygen atoms in total. The molecule has 1 heterocycles. The van der Waals surface area contributed by atoms with Gasteiger partial charge in [0.1, 0.15) is 5.82 Å². The van der Waals surface area contributed by atoms with Gasteiger partial charge in [0.15, 0.2) is 11.8 Å². The van der Waals surface area contributed by atoms with Crippen LogP contribution in [0.25, 0.3) is 11.4 Å². The van der Waals surface area contributed by atoms with Gasteiger partial charge in [-0.05, 0) is 26.0 Å². The van der Waals surface area contributed by atoms with E-state index in [2.05, 4.69) is 60.6 Å². The van der Waals surface area contributed by atoms with E-state index in [0.29, 0.717) is 18.4 Å². The average Bonchev–Trinajstić information content (AvgIpc) is 2.92. The molecular formula is C14H19BrN6. The van der Waals surface area contributed by atoms with Crippen LogP contribution in [-0.4, -0.2) is 34.2 Å². The summed E-state index contributed by atoms with van der Waals surface area (Å²) in [6.07, 6.45) is 0. The van der Waals surface area contributed by atoms with E-state index in [4.69, 9.17) is 0 Å². The van der Waals surface area contributed by atoms with Crippen LogP contribution in [0, 0.1) is 0 Å². The summed E-state index contributed by atoms with van der Waals surface area (Å²) in [6, 6.07) is 8.22. The normalized spacial score (nSPS) is 11.8. The molecular weight excluding hydrogens is 332 g/mol. The van der Waals surface area contributed by atoms with E-state index in [1.165, 1.54) is 0 Å². The number of nitrogens with one attached hydrogen (secondary N) is 3. The van der Waals surface area contributed by atoms with Crippen molar-refractivity contribution in [1.82, 2.24) is 25.8 Å². The third kappa shape index (κ3) is 4.56. The first kappa shape index (κ1) is 15.5. The highest BCUT2D eigenvalue weighted by atomic mass is 79.9. The number of nitrogens with zero attached hydrogens (tertiary/aromatic N) is 3. The molecule has 21 heavy (non-hydrogen) atoms. The summed E-state index contributed by atoms with van der Waals surface area (Å²) in [6.45, 7) is 4.66. The molecule has 0 unspecified atom stereocenters. The maximum absolute atomic E-state index is 4.47. The summed E-state index contributed by atoms with van der Waals surface area (Å²) >= 11 is 3.41. The summed E-state index contributed by atoms with van der Waals surface area (Å²) in [5, 5.41) is 13.6. The first-order valence-corrected chi connectivity index (χ1v) is 7.52. The van der Waals surface area contributed by atoms with E-state index in [0.717, 1.165) is 21.8 Å². The maximum atomic E-state index is 4.47. The zero-order valence-electron chi connectivity index (χ0n) is 12.3. The Morgan fingerprint density at radius 1 is 1.33 bits per heavy atom. The molecule has 1 aromatic heterocycles. The van der Waals surface area contributed by atoms with Gasteiger partial charge in [-0.2, -0.15) is 5.10 Å². The number of hydrogen-bond acceptors (Lipinski definition) is 3. The molecule has 0 bridgehead atoms. The lowest BCUT2D eigenvalue weighted by atomic mass is 10.2. The molecule has 0 saturated heterocycles. The highest BCUT2D eigenvalue weighted by Gasteiger charge is 2.07. The van der Waals surface area contributed by atoms with Gasteiger partial charge in [-0.1, -0.05) is 28.1 Å². The maximum Gasteiger partial charge on any atom is 0.191 e. The van der Waals surface area contributed by atoms with E-state index in [1.807, 2.05) is 24.3 Å². The molecule has 0 radical (unpaired) electrons. The molecule has 3 N–H and O–H groups in total. The first-order valence-electron chi connectivity index (χ1n) is 6.73. The number of hydrogen-bond donors (Lipinski definition) is 3. The standard InChI is InChI=1S/C14H19BrN6/c1-9(2)18-14(16-3)17-8-12-19-13(21-20-12)10-4-6-11(15)7-5-10/h4-7,9H,8H2,1-3H3,(H2,16,17,18)(H,19,20,21). The highest BCUT2D eigenvalue weighted by Crippen LogP contribution is 2.18. The zero-order chi connectivity index (χ0) is 15.2. The van der Waals surface area contributed by atoms with Crippen LogP contribution in [0.1, 0.15) is 19.7 Å². The Bertz CT molecular complexity index is 602. The molecule has 2 aromatic rings. The summed E-state index contributed by atoms with van der Waals surface area (Å²) in [5.74, 6) is 2.19. The number of benzene rings is 1. The van der Waals surface area contributed by atoms with Crippen molar-refractivity contribution in [1.29, 1.82) is 0 Å². The van der Waals surface area contributed by atoms with Crippen LogP contribution in [0.5, 0.6) is 0 Å². The van der Waals surface area contributed by atoms with Crippen molar-refractivity contribution in [3.05, 3.63) is 34.6 Å². The van der Waals surface area contributed by atoms with Crippen LogP contribution >= 0.6 is 15.9 Å². The minimum atomic E-state index is 0.323. The molecule has 0 aliphatic rings. The summed E-state index contributed by atoms with van der Waals surface area (Å²) in [5.41, 5.74) is 0.977. The van der Waals surface area contributed by atoms with Crippen molar-refractivity contribution in [2.45, 2.75) is 26.4 Å². The molecule has 0 aliphatic heterocycles. The van der Waals surface area contributed by atoms with Crippen molar-refractivity contribution in [2.75, 3.05) is 7.05 Å². The molecule has 2 rings (SSSR count). The molecule has 0 atom stereocenters.